The van der Waals surface area contributed by atoms with Crippen LogP contribution < -0.4 is 4.90 Å². The number of thiazole rings is 1. The molecule has 1 aromatic heterocycles. The molecule has 0 radical (unpaired) electrons. The number of aromatic nitrogens is 1. The van der Waals surface area contributed by atoms with E-state index in [0.29, 0.717) is 11.0 Å². The van der Waals surface area contributed by atoms with E-state index in [2.05, 4.69) is 18.8 Å². The van der Waals surface area contributed by atoms with Crippen molar-refractivity contribution in [3.05, 3.63) is 10.0 Å². The van der Waals surface area contributed by atoms with Crippen LogP contribution in [0.1, 0.15) is 29.9 Å². The Morgan fingerprint density at radius 1 is 1.69 bits per heavy atom. The summed E-state index contributed by atoms with van der Waals surface area (Å²) in [4.78, 5) is 16.9. The van der Waals surface area contributed by atoms with Gasteiger partial charge in [-0.15, -0.1) is 0 Å². The molecule has 1 rings (SSSR count). The minimum Gasteiger partial charge on any atom is -0.477 e. The highest BCUT2D eigenvalue weighted by molar-refractivity contribution is 7.18. The first-order valence-corrected chi connectivity index (χ1v) is 6.25. The van der Waals surface area contributed by atoms with Crippen molar-refractivity contribution >= 4 is 34.0 Å². The summed E-state index contributed by atoms with van der Waals surface area (Å²) < 4.78 is 0. The molecule has 6 heteroatoms. The molecule has 16 heavy (non-hydrogen) atoms. The van der Waals surface area contributed by atoms with E-state index >= 15 is 0 Å². The molecule has 1 unspecified atom stereocenters. The van der Waals surface area contributed by atoms with Crippen LogP contribution in [0.2, 0.25) is 5.15 Å². The molecule has 0 saturated carbocycles. The van der Waals surface area contributed by atoms with Crippen molar-refractivity contribution in [3.63, 3.8) is 0 Å². The number of carbonyl (C=O) groups is 1. The van der Waals surface area contributed by atoms with E-state index in [4.69, 9.17) is 16.7 Å². The maximum Gasteiger partial charge on any atom is 0.349 e. The summed E-state index contributed by atoms with van der Waals surface area (Å²) in [6.07, 6.45) is 1.08. The Labute approximate surface area is 104 Å². The smallest absolute Gasteiger partial charge is 0.349 e. The molecule has 0 amide bonds. The number of carboxylic acid groups (broad SMARTS) is 1. The predicted octanol–water partition coefficient (Wildman–Crippen LogP) is 2.98. The maximum atomic E-state index is 10.8. The number of halogens is 1. The van der Waals surface area contributed by atoms with Crippen molar-refractivity contribution < 1.29 is 9.90 Å². The van der Waals surface area contributed by atoms with Crippen LogP contribution in [0.25, 0.3) is 0 Å². The predicted molar refractivity (Wildman–Crippen MR) is 66.8 cm³/mol. The van der Waals surface area contributed by atoms with E-state index in [1.54, 1.807) is 0 Å². The Morgan fingerprint density at radius 2 is 2.31 bits per heavy atom. The van der Waals surface area contributed by atoms with Gasteiger partial charge in [0.2, 0.25) is 0 Å². The quantitative estimate of drug-likeness (QED) is 0.886. The number of hydrogen-bond acceptors (Lipinski definition) is 4. The number of anilines is 1. The van der Waals surface area contributed by atoms with Gasteiger partial charge in [-0.3, -0.25) is 0 Å². The highest BCUT2D eigenvalue weighted by Gasteiger charge is 2.18. The van der Waals surface area contributed by atoms with E-state index in [1.807, 2.05) is 11.9 Å². The minimum absolute atomic E-state index is 0.0727. The average molecular weight is 263 g/mol. The zero-order valence-corrected chi connectivity index (χ0v) is 11.1. The van der Waals surface area contributed by atoms with Gasteiger partial charge in [0.1, 0.15) is 0 Å². The van der Waals surface area contributed by atoms with Crippen LogP contribution in [0.4, 0.5) is 5.13 Å². The van der Waals surface area contributed by atoms with Gasteiger partial charge in [-0.2, -0.15) is 0 Å². The van der Waals surface area contributed by atoms with Gasteiger partial charge in [-0.05, 0) is 5.92 Å². The minimum atomic E-state index is -1.02. The second-order valence-corrected chi connectivity index (χ2v) is 5.15. The van der Waals surface area contributed by atoms with Crippen LogP contribution in [0, 0.1) is 5.92 Å². The second kappa shape index (κ2) is 5.50. The third kappa shape index (κ3) is 3.09. The monoisotopic (exact) mass is 262 g/mol. The molecule has 90 valence electrons. The van der Waals surface area contributed by atoms with Crippen molar-refractivity contribution in [3.8, 4) is 0 Å². The van der Waals surface area contributed by atoms with Crippen molar-refractivity contribution in [2.75, 3.05) is 18.5 Å². The zero-order valence-electron chi connectivity index (χ0n) is 9.53. The molecule has 1 atom stereocenters. The van der Waals surface area contributed by atoms with Crippen LogP contribution >= 0.6 is 22.9 Å². The van der Waals surface area contributed by atoms with Gasteiger partial charge in [-0.25, -0.2) is 9.78 Å². The Kier molecular flexibility index (Phi) is 4.56. The van der Waals surface area contributed by atoms with Crippen molar-refractivity contribution in [1.82, 2.24) is 4.98 Å². The maximum absolute atomic E-state index is 10.8. The Hall–Kier alpha value is -0.810. The average Bonchev–Trinajstić information content (AvgIpc) is 2.60. The van der Waals surface area contributed by atoms with E-state index in [1.165, 1.54) is 0 Å². The molecule has 0 aliphatic heterocycles. The second-order valence-electron chi connectivity index (χ2n) is 3.82. The molecule has 0 aliphatic rings. The van der Waals surface area contributed by atoms with Gasteiger partial charge in [0, 0.05) is 13.6 Å². The summed E-state index contributed by atoms with van der Waals surface area (Å²) in [7, 11) is 1.90. The lowest BCUT2D eigenvalue weighted by atomic mass is 10.1. The topological polar surface area (TPSA) is 53.4 Å². The fourth-order valence-electron chi connectivity index (χ4n) is 1.26. The SMILES string of the molecule is CCC(C)CN(C)c1nc(Cl)c(C(=O)O)s1. The first-order valence-electron chi connectivity index (χ1n) is 5.06. The normalized spacial score (nSPS) is 12.5. The van der Waals surface area contributed by atoms with Crippen molar-refractivity contribution in [2.45, 2.75) is 20.3 Å². The van der Waals surface area contributed by atoms with E-state index in [0.717, 1.165) is 24.3 Å². The molecular formula is C10H15ClN2O2S. The number of carboxylic acids is 1. The fraction of sp³-hybridized carbons (Fsp3) is 0.600. The van der Waals surface area contributed by atoms with E-state index < -0.39 is 5.97 Å². The summed E-state index contributed by atoms with van der Waals surface area (Å²) in [6.45, 7) is 5.11. The van der Waals surface area contributed by atoms with Gasteiger partial charge >= 0.3 is 5.97 Å². The largest absolute Gasteiger partial charge is 0.477 e. The molecular weight excluding hydrogens is 248 g/mol. The van der Waals surface area contributed by atoms with E-state index in [9.17, 15) is 4.79 Å². The van der Waals surface area contributed by atoms with Gasteiger partial charge in [0.05, 0.1) is 0 Å². The van der Waals surface area contributed by atoms with Gasteiger partial charge in [0.25, 0.3) is 0 Å². The van der Waals surface area contributed by atoms with E-state index in [-0.39, 0.29) is 10.0 Å². The number of aromatic carboxylic acids is 1. The highest BCUT2D eigenvalue weighted by atomic mass is 35.5. The lowest BCUT2D eigenvalue weighted by Gasteiger charge is -2.19. The van der Waals surface area contributed by atoms with Gasteiger partial charge in [0.15, 0.2) is 15.2 Å². The van der Waals surface area contributed by atoms with Gasteiger partial charge < -0.3 is 10.0 Å². The number of rotatable bonds is 5. The van der Waals surface area contributed by atoms with Crippen LogP contribution in [-0.4, -0.2) is 29.7 Å². The van der Waals surface area contributed by atoms with Crippen LogP contribution in [0.3, 0.4) is 0 Å². The molecule has 1 N–H and O–H groups in total. The summed E-state index contributed by atoms with van der Waals surface area (Å²) in [5, 5.41) is 9.58. The van der Waals surface area contributed by atoms with Gasteiger partial charge in [-0.1, -0.05) is 43.2 Å². The molecule has 4 nitrogen and oxygen atoms in total. The van der Waals surface area contributed by atoms with Crippen molar-refractivity contribution in [2.24, 2.45) is 5.92 Å². The number of nitrogens with zero attached hydrogens (tertiary/aromatic N) is 2. The molecule has 0 fully saturated rings. The first-order chi connectivity index (χ1) is 7.45. The summed E-state index contributed by atoms with van der Waals surface area (Å²) in [5.41, 5.74) is 0. The highest BCUT2D eigenvalue weighted by Crippen LogP contribution is 2.29. The zero-order chi connectivity index (χ0) is 12.3. The third-order valence-corrected chi connectivity index (χ3v) is 3.92. The summed E-state index contributed by atoms with van der Waals surface area (Å²) >= 11 is 6.86. The Bertz CT molecular complexity index is 381. The molecule has 0 aliphatic carbocycles. The lowest BCUT2D eigenvalue weighted by Crippen LogP contribution is -2.23. The van der Waals surface area contributed by atoms with Crippen molar-refractivity contribution in [1.29, 1.82) is 0 Å². The van der Waals surface area contributed by atoms with Crippen LogP contribution in [0.15, 0.2) is 0 Å². The standard InChI is InChI=1S/C10H15ClN2O2S/c1-4-6(2)5-13(3)10-12-8(11)7(16-10)9(14)15/h6H,4-5H2,1-3H3,(H,14,15). The summed E-state index contributed by atoms with van der Waals surface area (Å²) in [5.74, 6) is -0.480. The molecule has 1 heterocycles. The van der Waals surface area contributed by atoms with Crippen LogP contribution in [0.5, 0.6) is 0 Å². The Morgan fingerprint density at radius 3 is 2.75 bits per heavy atom. The first kappa shape index (κ1) is 13.3. The molecule has 0 spiro atoms. The molecule has 1 aromatic rings. The molecule has 0 bridgehead atoms. The molecule has 0 saturated heterocycles. The lowest BCUT2D eigenvalue weighted by molar-refractivity contribution is 0.0702. The Balaban J connectivity index is 2.80. The fourth-order valence-corrected chi connectivity index (χ4v) is 2.35. The number of hydrogen-bond donors (Lipinski definition) is 1. The molecule has 0 aromatic carbocycles. The third-order valence-electron chi connectivity index (χ3n) is 2.38. The van der Waals surface area contributed by atoms with Crippen LogP contribution in [-0.2, 0) is 0 Å². The summed E-state index contributed by atoms with van der Waals surface area (Å²) in [6, 6.07) is 0.